The molecule has 1 radical (unpaired) electrons. The van der Waals surface area contributed by atoms with E-state index in [1.807, 2.05) is 61.5 Å². The first-order chi connectivity index (χ1) is 12.6. The minimum absolute atomic E-state index is 0.113. The lowest BCUT2D eigenvalue weighted by Crippen LogP contribution is -2.22. The predicted octanol–water partition coefficient (Wildman–Crippen LogP) is 4.38. The van der Waals surface area contributed by atoms with E-state index in [1.165, 1.54) is 5.56 Å². The fraction of sp³-hybridized carbons (Fsp3) is 0.318. The molecule has 0 fully saturated rings. The highest BCUT2D eigenvalue weighted by atomic mass is 16.5. The van der Waals surface area contributed by atoms with Gasteiger partial charge in [0.25, 0.3) is 0 Å². The maximum atomic E-state index is 12.4. The molecule has 2 aromatic carbocycles. The van der Waals surface area contributed by atoms with Crippen molar-refractivity contribution in [3.63, 3.8) is 0 Å². The van der Waals surface area contributed by atoms with Crippen LogP contribution in [-0.4, -0.2) is 19.7 Å². The molecule has 1 unspecified atom stereocenters. The van der Waals surface area contributed by atoms with Gasteiger partial charge in [-0.3, -0.25) is 4.79 Å². The molecular formula is C22H24NO3. The van der Waals surface area contributed by atoms with Gasteiger partial charge in [0.05, 0.1) is 25.5 Å². The smallest absolute Gasteiger partial charge is 0.313 e. The van der Waals surface area contributed by atoms with Crippen molar-refractivity contribution in [2.45, 2.75) is 32.6 Å². The third kappa shape index (κ3) is 5.10. The van der Waals surface area contributed by atoms with Gasteiger partial charge in [-0.2, -0.15) is 5.26 Å². The van der Waals surface area contributed by atoms with Crippen molar-refractivity contribution in [1.29, 1.82) is 5.26 Å². The highest BCUT2D eigenvalue weighted by Gasteiger charge is 2.28. The molecule has 1 atom stereocenters. The third-order valence-electron chi connectivity index (χ3n) is 4.39. The van der Waals surface area contributed by atoms with Crippen molar-refractivity contribution >= 4 is 5.97 Å². The van der Waals surface area contributed by atoms with E-state index in [2.05, 4.69) is 0 Å². The molecule has 4 heteroatoms. The van der Waals surface area contributed by atoms with Crippen molar-refractivity contribution in [1.82, 2.24) is 0 Å². The van der Waals surface area contributed by atoms with Gasteiger partial charge in [0.1, 0.15) is 12.4 Å². The monoisotopic (exact) mass is 350 g/mol. The second-order valence-corrected chi connectivity index (χ2v) is 6.21. The molecule has 0 saturated heterocycles. The van der Waals surface area contributed by atoms with E-state index in [9.17, 15) is 4.79 Å². The average molecular weight is 350 g/mol. The first kappa shape index (κ1) is 19.5. The Morgan fingerprint density at radius 3 is 2.50 bits per heavy atom. The lowest BCUT2D eigenvalue weighted by Gasteiger charge is -2.24. The highest BCUT2D eigenvalue weighted by molar-refractivity contribution is 5.86. The quantitative estimate of drug-likeness (QED) is 0.523. The fourth-order valence-corrected chi connectivity index (χ4v) is 2.86. The molecule has 0 N–H and O–H groups in total. The van der Waals surface area contributed by atoms with Gasteiger partial charge in [0.2, 0.25) is 0 Å². The summed E-state index contributed by atoms with van der Waals surface area (Å²) in [4.78, 5) is 12.4. The van der Waals surface area contributed by atoms with E-state index in [4.69, 9.17) is 14.7 Å². The number of aryl methyl sites for hydroxylation is 1. The Balaban J connectivity index is 2.28. The van der Waals surface area contributed by atoms with Gasteiger partial charge in [-0.05, 0) is 37.5 Å². The molecule has 26 heavy (non-hydrogen) atoms. The first-order valence-electron chi connectivity index (χ1n) is 8.62. The second kappa shape index (κ2) is 9.62. The zero-order valence-corrected chi connectivity index (χ0v) is 15.5. The number of ether oxygens (including phenoxy) is 2. The van der Waals surface area contributed by atoms with Gasteiger partial charge in [0.15, 0.2) is 0 Å². The Hall–Kier alpha value is -2.80. The molecule has 0 aliphatic heterocycles. The molecular weight excluding hydrogens is 326 g/mol. The summed E-state index contributed by atoms with van der Waals surface area (Å²) in [6.45, 7) is 3.95. The lowest BCUT2D eigenvalue weighted by molar-refractivity contribution is -0.141. The minimum Gasteiger partial charge on any atom is -0.496 e. The van der Waals surface area contributed by atoms with Crippen LogP contribution >= 0.6 is 0 Å². The van der Waals surface area contributed by atoms with E-state index in [0.717, 1.165) is 16.9 Å². The highest BCUT2D eigenvalue weighted by Crippen LogP contribution is 2.34. The number of nitrogens with zero attached hydrogens (tertiary/aromatic N) is 1. The number of esters is 1. The summed E-state index contributed by atoms with van der Waals surface area (Å²) in [6.07, 6.45) is 0.826. The lowest BCUT2D eigenvalue weighted by atomic mass is 9.82. The van der Waals surface area contributed by atoms with E-state index < -0.39 is 0 Å². The summed E-state index contributed by atoms with van der Waals surface area (Å²) in [5.74, 6) is 0.940. The Morgan fingerprint density at radius 2 is 1.85 bits per heavy atom. The van der Waals surface area contributed by atoms with Crippen LogP contribution in [0.2, 0.25) is 0 Å². The second-order valence-electron chi connectivity index (χ2n) is 6.21. The number of hydrogen-bond acceptors (Lipinski definition) is 4. The Morgan fingerprint density at radius 1 is 1.15 bits per heavy atom. The van der Waals surface area contributed by atoms with Crippen molar-refractivity contribution in [2.24, 2.45) is 0 Å². The standard InChI is InChI=1S/C22H24NO3/c1-16-9-11-18(12-10-16)20(17(2)22(24)26-14-6-13-23)15-19-7-4-5-8-21(19)25-3/h4-5,7-12,20H,6,14-15H2,1-3H3. The van der Waals surface area contributed by atoms with Crippen LogP contribution < -0.4 is 4.74 Å². The summed E-state index contributed by atoms with van der Waals surface area (Å²) in [7, 11) is 1.65. The fourth-order valence-electron chi connectivity index (χ4n) is 2.86. The van der Waals surface area contributed by atoms with Crippen molar-refractivity contribution in [3.8, 4) is 11.8 Å². The van der Waals surface area contributed by atoms with Crippen LogP contribution in [0.3, 0.4) is 0 Å². The number of carbonyl (C=O) groups is 1. The van der Waals surface area contributed by atoms with Crippen LogP contribution in [0.25, 0.3) is 0 Å². The van der Waals surface area contributed by atoms with Crippen LogP contribution in [-0.2, 0) is 16.0 Å². The Bertz CT molecular complexity index is 762. The molecule has 0 aromatic heterocycles. The summed E-state index contributed by atoms with van der Waals surface area (Å²) in [5, 5.41) is 8.62. The van der Waals surface area contributed by atoms with Crippen LogP contribution in [0.1, 0.15) is 36.0 Å². The SMILES string of the molecule is COc1ccccc1CC([C](C)C(=O)OCCC#N)c1ccc(C)cc1. The van der Waals surface area contributed by atoms with Gasteiger partial charge >= 0.3 is 5.97 Å². The summed E-state index contributed by atoms with van der Waals surface area (Å²) in [6, 6.07) is 18.0. The molecule has 0 aliphatic carbocycles. The maximum Gasteiger partial charge on any atom is 0.313 e. The summed E-state index contributed by atoms with van der Waals surface area (Å²) < 4.78 is 10.7. The van der Waals surface area contributed by atoms with Gasteiger partial charge in [0, 0.05) is 5.92 Å². The van der Waals surface area contributed by atoms with E-state index in [0.29, 0.717) is 12.3 Å². The number of hydrogen-bond donors (Lipinski definition) is 0. The molecule has 135 valence electrons. The number of benzene rings is 2. The van der Waals surface area contributed by atoms with Crippen molar-refractivity contribution < 1.29 is 14.3 Å². The van der Waals surface area contributed by atoms with Crippen molar-refractivity contribution in [3.05, 3.63) is 71.1 Å². The Labute approximate surface area is 155 Å². The number of methoxy groups -OCH3 is 1. The van der Waals surface area contributed by atoms with E-state index in [-0.39, 0.29) is 24.9 Å². The van der Waals surface area contributed by atoms with Crippen LogP contribution in [0, 0.1) is 24.2 Å². The molecule has 2 rings (SSSR count). The molecule has 0 spiro atoms. The van der Waals surface area contributed by atoms with E-state index in [1.54, 1.807) is 14.0 Å². The first-order valence-corrected chi connectivity index (χ1v) is 8.62. The molecule has 4 nitrogen and oxygen atoms in total. The molecule has 0 heterocycles. The molecule has 0 bridgehead atoms. The molecule has 0 amide bonds. The predicted molar refractivity (Wildman–Crippen MR) is 101 cm³/mol. The zero-order valence-electron chi connectivity index (χ0n) is 15.5. The van der Waals surface area contributed by atoms with Gasteiger partial charge in [-0.1, -0.05) is 48.0 Å². The molecule has 0 saturated carbocycles. The minimum atomic E-state index is -0.360. The zero-order chi connectivity index (χ0) is 18.9. The van der Waals surface area contributed by atoms with Gasteiger partial charge in [-0.15, -0.1) is 0 Å². The molecule has 2 aromatic rings. The molecule has 0 aliphatic rings. The van der Waals surface area contributed by atoms with E-state index >= 15 is 0 Å². The topological polar surface area (TPSA) is 59.3 Å². The largest absolute Gasteiger partial charge is 0.496 e. The van der Waals surface area contributed by atoms with Crippen molar-refractivity contribution in [2.75, 3.05) is 13.7 Å². The van der Waals surface area contributed by atoms with Crippen LogP contribution in [0.5, 0.6) is 5.75 Å². The van der Waals surface area contributed by atoms with Gasteiger partial charge < -0.3 is 9.47 Å². The number of nitriles is 1. The number of para-hydroxylation sites is 1. The number of carbonyl (C=O) groups excluding carboxylic acids is 1. The van der Waals surface area contributed by atoms with Crippen LogP contribution in [0.4, 0.5) is 0 Å². The summed E-state index contributed by atoms with van der Waals surface area (Å²) in [5.41, 5.74) is 3.25. The normalized spacial score (nSPS) is 11.7. The Kier molecular flexibility index (Phi) is 7.23. The third-order valence-corrected chi connectivity index (χ3v) is 4.39. The maximum absolute atomic E-state index is 12.4. The number of rotatable bonds is 8. The summed E-state index contributed by atoms with van der Waals surface area (Å²) >= 11 is 0. The van der Waals surface area contributed by atoms with Crippen LogP contribution in [0.15, 0.2) is 48.5 Å². The van der Waals surface area contributed by atoms with Gasteiger partial charge in [-0.25, -0.2) is 0 Å². The average Bonchev–Trinajstić information content (AvgIpc) is 2.66.